The molecule has 1 amide bonds. The van der Waals surface area contributed by atoms with Gasteiger partial charge in [-0.2, -0.15) is 5.10 Å². The fourth-order valence-electron chi connectivity index (χ4n) is 3.63. The van der Waals surface area contributed by atoms with Crippen LogP contribution >= 0.6 is 11.3 Å². The van der Waals surface area contributed by atoms with Crippen LogP contribution in [0.5, 0.6) is 0 Å². The number of benzene rings is 1. The number of thiophene rings is 1. The molecule has 0 bridgehead atoms. The van der Waals surface area contributed by atoms with Crippen LogP contribution in [-0.4, -0.2) is 39.2 Å². The van der Waals surface area contributed by atoms with E-state index in [1.807, 2.05) is 11.4 Å². The van der Waals surface area contributed by atoms with E-state index >= 15 is 0 Å². The monoisotopic (exact) mass is 411 g/mol. The van der Waals surface area contributed by atoms with Crippen LogP contribution in [0.2, 0.25) is 0 Å². The Kier molecular flexibility index (Phi) is 5.19. The van der Waals surface area contributed by atoms with Crippen molar-refractivity contribution < 1.29 is 14.3 Å². The van der Waals surface area contributed by atoms with Gasteiger partial charge in [0, 0.05) is 30.4 Å². The van der Waals surface area contributed by atoms with E-state index in [0.29, 0.717) is 29.6 Å². The third kappa shape index (κ3) is 3.80. The van der Waals surface area contributed by atoms with E-state index in [0.717, 1.165) is 12.0 Å². The SMILES string of the molecule is CC(OC(=O)Cc1nn(C)c(=O)c2ccccc12)C(=O)N1CCc2sccc2C1. The average molecular weight is 411 g/mol. The van der Waals surface area contributed by atoms with Crippen LogP contribution in [0.1, 0.15) is 23.1 Å². The van der Waals surface area contributed by atoms with Crippen molar-refractivity contribution >= 4 is 34.0 Å². The van der Waals surface area contributed by atoms with Gasteiger partial charge in [-0.05, 0) is 36.4 Å². The molecule has 1 aliphatic rings. The van der Waals surface area contributed by atoms with Gasteiger partial charge in [-0.25, -0.2) is 4.68 Å². The van der Waals surface area contributed by atoms with E-state index in [-0.39, 0.29) is 17.9 Å². The first-order valence-electron chi connectivity index (χ1n) is 9.42. The summed E-state index contributed by atoms with van der Waals surface area (Å²) < 4.78 is 6.62. The zero-order chi connectivity index (χ0) is 20.5. The van der Waals surface area contributed by atoms with Gasteiger partial charge in [-0.15, -0.1) is 11.3 Å². The minimum absolute atomic E-state index is 0.110. The van der Waals surface area contributed by atoms with Crippen molar-refractivity contribution in [1.29, 1.82) is 0 Å². The predicted octanol–water partition coefficient (Wildman–Crippen LogP) is 2.05. The molecule has 150 valence electrons. The van der Waals surface area contributed by atoms with Crippen LogP contribution in [-0.2, 0) is 40.8 Å². The summed E-state index contributed by atoms with van der Waals surface area (Å²) in [6, 6.07) is 9.05. The van der Waals surface area contributed by atoms with E-state index in [1.165, 1.54) is 9.56 Å². The summed E-state index contributed by atoms with van der Waals surface area (Å²) in [5.74, 6) is -0.746. The maximum absolute atomic E-state index is 12.7. The highest BCUT2D eigenvalue weighted by Gasteiger charge is 2.27. The molecule has 2 aromatic heterocycles. The molecule has 3 aromatic rings. The van der Waals surface area contributed by atoms with Gasteiger partial charge in [0.15, 0.2) is 6.10 Å². The van der Waals surface area contributed by atoms with Crippen molar-refractivity contribution in [3.8, 4) is 0 Å². The van der Waals surface area contributed by atoms with Crippen LogP contribution in [0, 0.1) is 0 Å². The summed E-state index contributed by atoms with van der Waals surface area (Å²) in [5, 5.41) is 7.36. The molecule has 3 heterocycles. The van der Waals surface area contributed by atoms with Crippen LogP contribution < -0.4 is 5.56 Å². The number of rotatable bonds is 4. The molecule has 1 aromatic carbocycles. The van der Waals surface area contributed by atoms with Crippen LogP contribution in [0.3, 0.4) is 0 Å². The van der Waals surface area contributed by atoms with Gasteiger partial charge >= 0.3 is 5.97 Å². The number of amides is 1. The van der Waals surface area contributed by atoms with Gasteiger partial charge in [0.05, 0.1) is 17.5 Å². The van der Waals surface area contributed by atoms with E-state index in [2.05, 4.69) is 5.10 Å². The smallest absolute Gasteiger partial charge is 0.312 e. The minimum atomic E-state index is -0.874. The number of aromatic nitrogens is 2. The zero-order valence-electron chi connectivity index (χ0n) is 16.3. The molecule has 0 saturated carbocycles. The van der Waals surface area contributed by atoms with Crippen LogP contribution in [0.15, 0.2) is 40.5 Å². The first-order chi connectivity index (χ1) is 13.9. The molecule has 1 atom stereocenters. The second-order valence-electron chi connectivity index (χ2n) is 7.11. The molecular formula is C21H21N3O4S. The number of ether oxygens (including phenoxy) is 1. The average Bonchev–Trinajstić information content (AvgIpc) is 3.19. The normalized spacial score (nSPS) is 14.5. The lowest BCUT2D eigenvalue weighted by atomic mass is 10.1. The lowest BCUT2D eigenvalue weighted by molar-refractivity contribution is -0.159. The summed E-state index contributed by atoms with van der Waals surface area (Å²) in [6.45, 7) is 2.77. The third-order valence-electron chi connectivity index (χ3n) is 5.12. The molecule has 0 radical (unpaired) electrons. The number of aryl methyl sites for hydroxylation is 1. The number of hydrogen-bond acceptors (Lipinski definition) is 6. The number of fused-ring (bicyclic) bond motifs is 2. The maximum atomic E-state index is 12.7. The molecule has 1 unspecified atom stereocenters. The number of carbonyl (C=O) groups excluding carboxylic acids is 2. The van der Waals surface area contributed by atoms with E-state index in [4.69, 9.17) is 4.74 Å². The molecule has 0 aliphatic carbocycles. The Morgan fingerprint density at radius 1 is 1.24 bits per heavy atom. The Labute approximate surface area is 171 Å². The predicted molar refractivity (Wildman–Crippen MR) is 110 cm³/mol. The minimum Gasteiger partial charge on any atom is -0.452 e. The van der Waals surface area contributed by atoms with Crippen molar-refractivity contribution in [3.63, 3.8) is 0 Å². The Hall–Kier alpha value is -3.00. The highest BCUT2D eigenvalue weighted by atomic mass is 32.1. The molecular weight excluding hydrogens is 390 g/mol. The van der Waals surface area contributed by atoms with Crippen molar-refractivity contribution in [2.45, 2.75) is 32.4 Å². The second-order valence-corrected chi connectivity index (χ2v) is 8.11. The van der Waals surface area contributed by atoms with E-state index < -0.39 is 12.1 Å². The standard InChI is InChI=1S/C21H21N3O4S/c1-13(20(26)24-9-7-18-14(12-24)8-10-29-18)28-19(25)11-17-15-5-3-4-6-16(15)21(27)23(2)22-17/h3-6,8,10,13H,7,9,11-12H2,1-2H3. The van der Waals surface area contributed by atoms with Crippen molar-refractivity contribution in [2.75, 3.05) is 6.54 Å². The fourth-order valence-corrected chi connectivity index (χ4v) is 4.52. The number of nitrogens with zero attached hydrogens (tertiary/aromatic N) is 3. The molecule has 0 fully saturated rings. The van der Waals surface area contributed by atoms with E-state index in [9.17, 15) is 14.4 Å². The van der Waals surface area contributed by atoms with Gasteiger partial charge < -0.3 is 9.64 Å². The summed E-state index contributed by atoms with van der Waals surface area (Å²) in [4.78, 5) is 40.5. The molecule has 0 N–H and O–H groups in total. The number of esters is 1. The van der Waals surface area contributed by atoms with Crippen molar-refractivity contribution in [1.82, 2.24) is 14.7 Å². The summed E-state index contributed by atoms with van der Waals surface area (Å²) in [5.41, 5.74) is 1.39. The lowest BCUT2D eigenvalue weighted by Crippen LogP contribution is -2.42. The van der Waals surface area contributed by atoms with Gasteiger partial charge in [-0.3, -0.25) is 14.4 Å². The molecule has 29 heavy (non-hydrogen) atoms. The van der Waals surface area contributed by atoms with Gasteiger partial charge in [0.2, 0.25) is 0 Å². The van der Waals surface area contributed by atoms with Crippen LogP contribution in [0.4, 0.5) is 0 Å². The quantitative estimate of drug-likeness (QED) is 0.614. The first kappa shape index (κ1) is 19.3. The van der Waals surface area contributed by atoms with Gasteiger partial charge in [0.1, 0.15) is 0 Å². The van der Waals surface area contributed by atoms with Crippen LogP contribution in [0.25, 0.3) is 10.8 Å². The maximum Gasteiger partial charge on any atom is 0.312 e. The Morgan fingerprint density at radius 2 is 2.00 bits per heavy atom. The Bertz CT molecular complexity index is 1150. The van der Waals surface area contributed by atoms with Crippen molar-refractivity contribution in [2.24, 2.45) is 7.05 Å². The molecule has 0 saturated heterocycles. The van der Waals surface area contributed by atoms with E-state index in [1.54, 1.807) is 54.5 Å². The summed E-state index contributed by atoms with van der Waals surface area (Å²) in [7, 11) is 1.55. The molecule has 7 nitrogen and oxygen atoms in total. The fraction of sp³-hybridized carbons (Fsp3) is 0.333. The van der Waals surface area contributed by atoms with Crippen molar-refractivity contribution in [3.05, 3.63) is 62.2 Å². The second kappa shape index (κ2) is 7.79. The summed E-state index contributed by atoms with van der Waals surface area (Å²) >= 11 is 1.71. The Morgan fingerprint density at radius 3 is 2.79 bits per heavy atom. The molecule has 1 aliphatic heterocycles. The van der Waals surface area contributed by atoms with Gasteiger partial charge in [0.25, 0.3) is 11.5 Å². The highest BCUT2D eigenvalue weighted by molar-refractivity contribution is 7.10. The molecule has 8 heteroatoms. The number of carbonyl (C=O) groups is 2. The summed E-state index contributed by atoms with van der Waals surface area (Å²) in [6.07, 6.45) is -0.157. The zero-order valence-corrected chi connectivity index (χ0v) is 17.1. The lowest BCUT2D eigenvalue weighted by Gasteiger charge is -2.29. The molecule has 0 spiro atoms. The highest BCUT2D eigenvalue weighted by Crippen LogP contribution is 2.24. The first-order valence-corrected chi connectivity index (χ1v) is 10.3. The van der Waals surface area contributed by atoms with Gasteiger partial charge in [-0.1, -0.05) is 18.2 Å². The molecule has 4 rings (SSSR count). The third-order valence-corrected chi connectivity index (χ3v) is 6.14. The largest absolute Gasteiger partial charge is 0.452 e. The topological polar surface area (TPSA) is 81.5 Å². The number of hydrogen-bond donors (Lipinski definition) is 0. The Balaban J connectivity index is 1.45.